The molecular weight excluding hydrogens is 269 g/mol. The van der Waals surface area contributed by atoms with E-state index in [-0.39, 0.29) is 0 Å². The van der Waals surface area contributed by atoms with Gasteiger partial charge in [0.2, 0.25) is 0 Å². The Hall–Kier alpha value is -0.700. The molecule has 2 rings (SSSR count). The van der Waals surface area contributed by atoms with Crippen molar-refractivity contribution in [2.75, 3.05) is 6.54 Å². The fourth-order valence-corrected chi connectivity index (χ4v) is 2.27. The van der Waals surface area contributed by atoms with Crippen molar-refractivity contribution in [3.8, 4) is 0 Å². The van der Waals surface area contributed by atoms with E-state index in [1.165, 1.54) is 0 Å². The standard InChI is InChI=1S/C14H17Cl2NO/c1-8(2)6-17-7-12-9(3)10-4-5-11(15)13(16)14(10)18-12/h4-5,8,17H,6-7H2,1-3H3. The molecule has 1 aromatic heterocycles. The SMILES string of the molecule is Cc1c(CNCC(C)C)oc2c(Cl)c(Cl)ccc12. The second-order valence-corrected chi connectivity index (χ2v) is 5.70. The Labute approximate surface area is 117 Å². The molecule has 0 aliphatic heterocycles. The largest absolute Gasteiger partial charge is 0.458 e. The van der Waals surface area contributed by atoms with Gasteiger partial charge in [0.15, 0.2) is 5.58 Å². The van der Waals surface area contributed by atoms with Crippen molar-refractivity contribution in [1.29, 1.82) is 0 Å². The van der Waals surface area contributed by atoms with E-state index in [1.807, 2.05) is 13.0 Å². The molecule has 2 aromatic rings. The molecule has 0 spiro atoms. The maximum atomic E-state index is 6.15. The van der Waals surface area contributed by atoms with Gasteiger partial charge in [0.25, 0.3) is 0 Å². The first-order valence-corrected chi connectivity index (χ1v) is 6.83. The lowest BCUT2D eigenvalue weighted by Crippen LogP contribution is -2.18. The quantitative estimate of drug-likeness (QED) is 0.873. The molecule has 1 N–H and O–H groups in total. The number of hydrogen-bond acceptors (Lipinski definition) is 2. The van der Waals surface area contributed by atoms with E-state index in [9.17, 15) is 0 Å². The summed E-state index contributed by atoms with van der Waals surface area (Å²) in [4.78, 5) is 0. The Kier molecular flexibility index (Phi) is 4.21. The lowest BCUT2D eigenvalue weighted by atomic mass is 10.1. The van der Waals surface area contributed by atoms with E-state index in [0.717, 1.165) is 23.3 Å². The van der Waals surface area contributed by atoms with Gasteiger partial charge in [0.1, 0.15) is 10.8 Å². The second-order valence-electron chi connectivity index (χ2n) is 4.91. The van der Waals surface area contributed by atoms with Gasteiger partial charge in [-0.2, -0.15) is 0 Å². The molecule has 1 heterocycles. The second kappa shape index (κ2) is 5.52. The number of nitrogens with one attached hydrogen (secondary N) is 1. The van der Waals surface area contributed by atoms with Crippen molar-refractivity contribution in [1.82, 2.24) is 5.32 Å². The number of furan rings is 1. The van der Waals surface area contributed by atoms with E-state index >= 15 is 0 Å². The molecule has 0 radical (unpaired) electrons. The van der Waals surface area contributed by atoms with E-state index in [2.05, 4.69) is 19.2 Å². The summed E-state index contributed by atoms with van der Waals surface area (Å²) in [6, 6.07) is 3.76. The van der Waals surface area contributed by atoms with Gasteiger partial charge >= 0.3 is 0 Å². The van der Waals surface area contributed by atoms with E-state index < -0.39 is 0 Å². The number of hydrogen-bond donors (Lipinski definition) is 1. The third-order valence-electron chi connectivity index (χ3n) is 2.94. The monoisotopic (exact) mass is 285 g/mol. The van der Waals surface area contributed by atoms with Crippen LogP contribution in [-0.4, -0.2) is 6.54 Å². The van der Waals surface area contributed by atoms with E-state index in [0.29, 0.717) is 28.1 Å². The molecule has 0 unspecified atom stereocenters. The highest BCUT2D eigenvalue weighted by Gasteiger charge is 2.14. The normalized spacial score (nSPS) is 11.7. The van der Waals surface area contributed by atoms with Crippen LogP contribution < -0.4 is 5.32 Å². The molecule has 0 saturated heterocycles. The molecule has 18 heavy (non-hydrogen) atoms. The molecule has 0 bridgehead atoms. The molecule has 0 amide bonds. The van der Waals surface area contributed by atoms with Gasteiger partial charge in [0.05, 0.1) is 11.6 Å². The minimum atomic E-state index is 0.493. The summed E-state index contributed by atoms with van der Waals surface area (Å²) < 4.78 is 5.81. The Morgan fingerprint density at radius 3 is 2.67 bits per heavy atom. The molecule has 1 aromatic carbocycles. The van der Waals surface area contributed by atoms with Crippen LogP contribution in [0.3, 0.4) is 0 Å². The van der Waals surface area contributed by atoms with Crippen LogP contribution in [-0.2, 0) is 6.54 Å². The Bertz CT molecular complexity index is 560. The van der Waals surface area contributed by atoms with Gasteiger partial charge in [-0.15, -0.1) is 0 Å². The molecular formula is C14H17Cl2NO. The lowest BCUT2D eigenvalue weighted by Gasteiger charge is -2.05. The Morgan fingerprint density at radius 2 is 2.00 bits per heavy atom. The molecule has 2 nitrogen and oxygen atoms in total. The summed E-state index contributed by atoms with van der Waals surface area (Å²) in [5.74, 6) is 1.54. The van der Waals surface area contributed by atoms with E-state index in [1.54, 1.807) is 6.07 Å². The lowest BCUT2D eigenvalue weighted by molar-refractivity contribution is 0.482. The zero-order valence-corrected chi connectivity index (χ0v) is 12.3. The summed E-state index contributed by atoms with van der Waals surface area (Å²) in [5.41, 5.74) is 1.81. The van der Waals surface area contributed by atoms with Gasteiger partial charge in [-0.1, -0.05) is 37.0 Å². The summed E-state index contributed by atoms with van der Waals surface area (Å²) in [6.07, 6.45) is 0. The highest BCUT2D eigenvalue weighted by Crippen LogP contribution is 2.35. The van der Waals surface area contributed by atoms with Crippen molar-refractivity contribution in [2.45, 2.75) is 27.3 Å². The first-order chi connectivity index (χ1) is 8.50. The van der Waals surface area contributed by atoms with Crippen molar-refractivity contribution < 1.29 is 4.42 Å². The van der Waals surface area contributed by atoms with Crippen LogP contribution in [0, 0.1) is 12.8 Å². The molecule has 0 aliphatic carbocycles. The van der Waals surface area contributed by atoms with Crippen LogP contribution >= 0.6 is 23.2 Å². The maximum Gasteiger partial charge on any atom is 0.154 e. The van der Waals surface area contributed by atoms with Crippen LogP contribution in [0.1, 0.15) is 25.2 Å². The van der Waals surface area contributed by atoms with Crippen molar-refractivity contribution in [3.63, 3.8) is 0 Å². The number of rotatable bonds is 4. The smallest absolute Gasteiger partial charge is 0.154 e. The van der Waals surface area contributed by atoms with Gasteiger partial charge in [-0.3, -0.25) is 0 Å². The molecule has 0 fully saturated rings. The molecule has 0 atom stereocenters. The number of halogens is 2. The zero-order valence-electron chi connectivity index (χ0n) is 10.8. The molecule has 0 saturated carbocycles. The number of fused-ring (bicyclic) bond motifs is 1. The van der Waals surface area contributed by atoms with Gasteiger partial charge in [-0.05, 0) is 37.1 Å². The Morgan fingerprint density at radius 1 is 1.28 bits per heavy atom. The average Bonchev–Trinajstić information content (AvgIpc) is 2.62. The zero-order chi connectivity index (χ0) is 13.3. The van der Waals surface area contributed by atoms with Crippen LogP contribution in [0.15, 0.2) is 16.5 Å². The van der Waals surface area contributed by atoms with Crippen molar-refractivity contribution in [2.24, 2.45) is 5.92 Å². The van der Waals surface area contributed by atoms with Gasteiger partial charge in [-0.25, -0.2) is 0 Å². The van der Waals surface area contributed by atoms with Crippen LogP contribution in [0.25, 0.3) is 11.0 Å². The minimum absolute atomic E-state index is 0.493. The predicted molar refractivity (Wildman–Crippen MR) is 77.5 cm³/mol. The molecule has 4 heteroatoms. The molecule has 98 valence electrons. The van der Waals surface area contributed by atoms with Crippen molar-refractivity contribution >= 4 is 34.2 Å². The highest BCUT2D eigenvalue weighted by atomic mass is 35.5. The van der Waals surface area contributed by atoms with Crippen molar-refractivity contribution in [3.05, 3.63) is 33.5 Å². The third-order valence-corrected chi connectivity index (χ3v) is 3.72. The topological polar surface area (TPSA) is 25.2 Å². The highest BCUT2D eigenvalue weighted by molar-refractivity contribution is 6.44. The first-order valence-electron chi connectivity index (χ1n) is 6.07. The van der Waals surface area contributed by atoms with Crippen LogP contribution in [0.5, 0.6) is 0 Å². The van der Waals surface area contributed by atoms with Gasteiger partial charge < -0.3 is 9.73 Å². The minimum Gasteiger partial charge on any atom is -0.458 e. The fourth-order valence-electron chi connectivity index (χ4n) is 1.92. The Balaban J connectivity index is 2.30. The summed E-state index contributed by atoms with van der Waals surface area (Å²) >= 11 is 12.1. The maximum absolute atomic E-state index is 6.15. The third kappa shape index (κ3) is 2.66. The summed E-state index contributed by atoms with van der Waals surface area (Å²) in [7, 11) is 0. The number of benzene rings is 1. The van der Waals surface area contributed by atoms with Crippen LogP contribution in [0.4, 0.5) is 0 Å². The van der Waals surface area contributed by atoms with Crippen LogP contribution in [0.2, 0.25) is 10.0 Å². The summed E-state index contributed by atoms with van der Waals surface area (Å²) in [6.45, 7) is 8.07. The first kappa shape index (κ1) is 13.7. The van der Waals surface area contributed by atoms with Gasteiger partial charge in [0, 0.05) is 5.39 Å². The average molecular weight is 286 g/mol. The molecule has 0 aliphatic rings. The van der Waals surface area contributed by atoms with E-state index in [4.69, 9.17) is 27.6 Å². The predicted octanol–water partition coefficient (Wildman–Crippen LogP) is 4.79. The number of aryl methyl sites for hydroxylation is 1. The summed E-state index contributed by atoms with van der Waals surface area (Å²) in [5, 5.41) is 5.42. The fraction of sp³-hybridized carbons (Fsp3) is 0.429.